The first kappa shape index (κ1) is 67.2. The molecule has 0 aliphatic rings. The number of nitrogens with one attached hydrogen (secondary N) is 4. The highest BCUT2D eigenvalue weighted by Gasteiger charge is 2.26. The number of aromatic carboxylic acids is 2. The van der Waals surface area contributed by atoms with Gasteiger partial charge in [-0.1, -0.05) is 20.2 Å². The third-order valence-electron chi connectivity index (χ3n) is 11.8. The number of hydrogen-bond acceptors (Lipinski definition) is 38. The Labute approximate surface area is 529 Å². The molecule has 0 spiro atoms. The van der Waals surface area contributed by atoms with Crippen molar-refractivity contribution in [2.75, 3.05) is 21.3 Å². The van der Waals surface area contributed by atoms with Crippen LogP contribution in [-0.2, 0) is 57.7 Å². The molecule has 0 unspecified atom stereocenters. The maximum atomic E-state index is 12.6. The number of aromatic nitrogens is 6. The average Bonchev–Trinajstić information content (AvgIpc) is 0.769. The molecule has 0 amide bonds. The molecule has 0 saturated carbocycles. The van der Waals surface area contributed by atoms with Crippen molar-refractivity contribution >= 4 is 171 Å². The van der Waals surface area contributed by atoms with Gasteiger partial charge in [-0.15, -0.1) is 37.8 Å². The van der Waals surface area contributed by atoms with E-state index < -0.39 is 64.8 Å². The van der Waals surface area contributed by atoms with Crippen LogP contribution in [-0.4, -0.2) is 109 Å². The number of nitrogens with zero attached hydrogens (tertiary/aromatic N) is 10. The van der Waals surface area contributed by atoms with E-state index in [0.717, 1.165) is 36.4 Å². The van der Waals surface area contributed by atoms with Crippen molar-refractivity contribution in [1.82, 2.24) is 29.9 Å². The zero-order valence-electron chi connectivity index (χ0n) is 45.3. The van der Waals surface area contributed by atoms with Gasteiger partial charge in [0.2, 0.25) is 23.8 Å². The van der Waals surface area contributed by atoms with Crippen LogP contribution in [0.25, 0.3) is 21.5 Å². The highest BCUT2D eigenvalue weighted by molar-refractivity contribution is 7.95. The minimum absolute atomic E-state index is 0.0868. The molecule has 2 aromatic heterocycles. The van der Waals surface area contributed by atoms with Crippen LogP contribution in [0.4, 0.5) is 69.3 Å². The first-order chi connectivity index (χ1) is 43.9. The van der Waals surface area contributed by atoms with Gasteiger partial charge in [-0.3, -0.25) is 9.11 Å². The van der Waals surface area contributed by atoms with Gasteiger partial charge in [0.1, 0.15) is 34.4 Å². The summed E-state index contributed by atoms with van der Waals surface area (Å²) in [6, 6.07) is 19.6. The van der Waals surface area contributed by atoms with Gasteiger partial charge in [0.25, 0.3) is 20.2 Å². The van der Waals surface area contributed by atoms with Crippen molar-refractivity contribution in [2.24, 2.45) is 20.5 Å². The Morgan fingerprint density at radius 3 is 1.14 bits per heavy atom. The first-order valence-corrected chi connectivity index (χ1v) is 30.2. The summed E-state index contributed by atoms with van der Waals surface area (Å²) in [4.78, 5) is 48.8. The standard InChI is InChI=1S/C48H36N14O24S6/c1-19-49-45(57-47(51-19)55-33-17-27(91(73,74)75)11-21-13-35(89-85-81-71)39(41(63)37(21)33)61-59-31-15-25(87-83-79-69)7-9-29(31)43(65)66)53-23-3-5-24(6-4-23)54-46-50-20(2)52-48(58-46)56-34-18-28(92(76,77)78)12-22-14-36(90-86-82-72)40(42(64)38(22)34)62-60-32-16-26(88-84-80-70)8-10-30(32)44(67)68/h3-18,63-64,69-72H,1-2H3,(H,65,66)(H,67,68)(H,73,74,75)(H,76,77,78)(H2,49,51,53,55,57)(H2,50,52,54,56,58). The third-order valence-corrected chi connectivity index (χ3v) is 15.8. The number of hydrogen-bond donors (Lipinski definition) is 14. The summed E-state index contributed by atoms with van der Waals surface area (Å²) in [7, 11) is -9.96. The lowest BCUT2D eigenvalue weighted by atomic mass is 10.1. The lowest BCUT2D eigenvalue weighted by molar-refractivity contribution is -0.432. The summed E-state index contributed by atoms with van der Waals surface area (Å²) >= 11 is 1.44. The molecule has 7 aromatic carbocycles. The van der Waals surface area contributed by atoms with Crippen LogP contribution >= 0.6 is 48.2 Å². The van der Waals surface area contributed by atoms with E-state index in [2.05, 4.69) is 109 Å². The van der Waals surface area contributed by atoms with Crippen LogP contribution in [0.5, 0.6) is 11.5 Å². The molecule has 2 heterocycles. The van der Waals surface area contributed by atoms with Crippen molar-refractivity contribution in [3.8, 4) is 11.5 Å². The van der Waals surface area contributed by atoms with E-state index >= 15 is 0 Å². The minimum atomic E-state index is -4.98. The van der Waals surface area contributed by atoms with Gasteiger partial charge in [-0.25, -0.2) is 30.6 Å². The fraction of sp³-hybridized carbons (Fsp3) is 0.0417. The van der Waals surface area contributed by atoms with Gasteiger partial charge in [0, 0.05) is 31.9 Å². The summed E-state index contributed by atoms with van der Waals surface area (Å²) in [5.74, 6) is -4.89. The second-order valence-electron chi connectivity index (χ2n) is 17.6. The molecule has 92 heavy (non-hydrogen) atoms. The number of azo groups is 2. The number of phenols is 2. The fourth-order valence-corrected chi connectivity index (χ4v) is 11.0. The summed E-state index contributed by atoms with van der Waals surface area (Å²) in [6.07, 6.45) is 0. The van der Waals surface area contributed by atoms with Crippen LogP contribution in [0.1, 0.15) is 32.4 Å². The third kappa shape index (κ3) is 16.4. The summed E-state index contributed by atoms with van der Waals surface area (Å²) in [5.41, 5.74) is -2.07. The van der Waals surface area contributed by atoms with Gasteiger partial charge < -0.3 is 41.7 Å². The highest BCUT2D eigenvalue weighted by atomic mass is 32.2. The predicted octanol–water partition coefficient (Wildman–Crippen LogP) is 11.8. The lowest BCUT2D eigenvalue weighted by Gasteiger charge is -2.16. The smallest absolute Gasteiger partial charge is 0.337 e. The molecule has 0 bridgehead atoms. The maximum absolute atomic E-state index is 12.6. The van der Waals surface area contributed by atoms with E-state index in [-0.39, 0.29) is 135 Å². The number of fused-ring (bicyclic) bond motifs is 2. The number of aromatic hydroxyl groups is 2. The number of rotatable bonds is 28. The van der Waals surface area contributed by atoms with Crippen LogP contribution in [0, 0.1) is 13.8 Å². The number of anilines is 8. The lowest BCUT2D eigenvalue weighted by Crippen LogP contribution is -2.07. The summed E-state index contributed by atoms with van der Waals surface area (Å²) in [5, 5.41) is 120. The Bertz CT molecular complexity index is 4360. The Balaban J connectivity index is 0.998. The van der Waals surface area contributed by atoms with Crippen molar-refractivity contribution < 1.29 is 114 Å². The maximum Gasteiger partial charge on any atom is 0.337 e. The quantitative estimate of drug-likeness (QED) is 0.00712. The molecule has 44 heteroatoms. The van der Waals surface area contributed by atoms with Crippen LogP contribution in [0.2, 0.25) is 0 Å². The molecule has 9 aromatic rings. The molecule has 0 saturated heterocycles. The summed E-state index contributed by atoms with van der Waals surface area (Å²) < 4.78 is 88.9. The Morgan fingerprint density at radius 1 is 0.457 bits per heavy atom. The monoisotopic (exact) mass is 1380 g/mol. The number of aryl methyl sites for hydroxylation is 2. The van der Waals surface area contributed by atoms with E-state index in [1.807, 2.05) is 0 Å². The summed E-state index contributed by atoms with van der Waals surface area (Å²) in [6.45, 7) is 2.97. The molecule has 0 aliphatic heterocycles. The number of carboxylic acids is 2. The molecule has 38 nitrogen and oxygen atoms in total. The van der Waals surface area contributed by atoms with Gasteiger partial charge in [-0.05, 0) is 122 Å². The molecule has 14 N–H and O–H groups in total. The molecule has 0 aliphatic carbocycles. The molecule has 0 radical (unpaired) electrons. The molecule has 9 rings (SSSR count). The minimum Gasteiger partial charge on any atom is -0.505 e. The zero-order valence-corrected chi connectivity index (χ0v) is 50.2. The first-order valence-electron chi connectivity index (χ1n) is 24.4. The largest absolute Gasteiger partial charge is 0.505 e. The van der Waals surface area contributed by atoms with Crippen LogP contribution in [0.3, 0.4) is 0 Å². The Morgan fingerprint density at radius 2 is 0.804 bits per heavy atom. The zero-order chi connectivity index (χ0) is 66.0. The van der Waals surface area contributed by atoms with Gasteiger partial charge >= 0.3 is 11.9 Å². The van der Waals surface area contributed by atoms with Crippen molar-refractivity contribution in [3.63, 3.8) is 0 Å². The predicted molar refractivity (Wildman–Crippen MR) is 317 cm³/mol. The Kier molecular flexibility index (Phi) is 21.4. The molecule has 478 valence electrons. The van der Waals surface area contributed by atoms with Crippen molar-refractivity contribution in [1.29, 1.82) is 0 Å². The average molecular weight is 1390 g/mol. The number of carboxylic acid groups (broad SMARTS) is 2. The Hall–Kier alpha value is -9.24. The highest BCUT2D eigenvalue weighted by Crippen LogP contribution is 2.50. The van der Waals surface area contributed by atoms with E-state index in [9.17, 15) is 56.0 Å². The molecular weight excluding hydrogens is 1350 g/mol. The number of benzene rings is 7. The van der Waals surface area contributed by atoms with Crippen molar-refractivity contribution in [2.45, 2.75) is 43.2 Å². The van der Waals surface area contributed by atoms with Gasteiger partial charge in [0.15, 0.2) is 11.5 Å². The van der Waals surface area contributed by atoms with E-state index in [1.165, 1.54) is 50.2 Å². The van der Waals surface area contributed by atoms with Gasteiger partial charge in [0.05, 0.1) is 90.3 Å². The van der Waals surface area contributed by atoms with Crippen LogP contribution in [0.15, 0.2) is 147 Å². The number of phenolic OH excluding ortho intramolecular Hbond substituents is 2. The van der Waals surface area contributed by atoms with E-state index in [0.29, 0.717) is 35.5 Å². The van der Waals surface area contributed by atoms with E-state index in [1.54, 1.807) is 24.3 Å². The van der Waals surface area contributed by atoms with Crippen LogP contribution < -0.4 is 21.3 Å². The normalized spacial score (nSPS) is 11.9. The fourth-order valence-electron chi connectivity index (χ4n) is 8.13. The SMILES string of the molecule is Cc1nc(Nc2ccc(Nc3nc(C)nc(Nc4cc(S(=O)(=O)O)cc5cc(SOOO)c(N=Nc6cc(SOOO)ccc6C(=O)O)c(O)c45)n3)cc2)nc(Nc2cc(S(=O)(=O)O)cc3cc(SOOO)c(N=Nc4cc(SOOO)ccc4C(=O)O)c(O)c23)n1. The molecule has 0 atom stereocenters. The second-order valence-corrected chi connectivity index (χ2v) is 23.5. The van der Waals surface area contributed by atoms with Gasteiger partial charge in [-0.2, -0.15) is 46.7 Å². The van der Waals surface area contributed by atoms with E-state index in [4.69, 9.17) is 21.0 Å². The second kappa shape index (κ2) is 29.4. The molecular formula is C48H36N14O24S6. The molecule has 0 fully saturated rings. The topological polar surface area (TPSA) is 553 Å². The number of carbonyl (C=O) groups is 2. The van der Waals surface area contributed by atoms with Crippen molar-refractivity contribution in [3.05, 3.63) is 120 Å².